The van der Waals surface area contributed by atoms with Gasteiger partial charge in [-0.15, -0.1) is 0 Å². The van der Waals surface area contributed by atoms with Crippen molar-refractivity contribution in [1.29, 1.82) is 0 Å². The van der Waals surface area contributed by atoms with Gasteiger partial charge in [0, 0.05) is 26.6 Å². The van der Waals surface area contributed by atoms with Gasteiger partial charge in [-0.1, -0.05) is 30.3 Å². The number of benzene rings is 1. The summed E-state index contributed by atoms with van der Waals surface area (Å²) in [6.07, 6.45) is -1.03. The normalized spacial score (nSPS) is 21.2. The Balaban J connectivity index is 1.75. The highest BCUT2D eigenvalue weighted by Crippen LogP contribution is 2.17. The molecule has 2 fully saturated rings. The van der Waals surface area contributed by atoms with Gasteiger partial charge in [-0.25, -0.2) is 4.79 Å². The molecule has 0 bridgehead atoms. The molecule has 170 valence electrons. The van der Waals surface area contributed by atoms with Gasteiger partial charge in [0.2, 0.25) is 12.1 Å². The highest BCUT2D eigenvalue weighted by atomic mass is 16.6. The van der Waals surface area contributed by atoms with E-state index in [9.17, 15) is 28.8 Å². The van der Waals surface area contributed by atoms with Crippen molar-refractivity contribution in [2.24, 2.45) is 0 Å². The van der Waals surface area contributed by atoms with Crippen molar-refractivity contribution in [3.8, 4) is 0 Å². The first-order valence-corrected chi connectivity index (χ1v) is 9.97. The van der Waals surface area contributed by atoms with Crippen molar-refractivity contribution >= 4 is 35.6 Å². The van der Waals surface area contributed by atoms with Gasteiger partial charge in [-0.2, -0.15) is 0 Å². The third kappa shape index (κ3) is 4.68. The van der Waals surface area contributed by atoms with Crippen molar-refractivity contribution in [3.05, 3.63) is 35.9 Å². The average molecular weight is 445 g/mol. The van der Waals surface area contributed by atoms with Crippen LogP contribution in [0, 0.1) is 0 Å². The van der Waals surface area contributed by atoms with E-state index in [-0.39, 0.29) is 13.1 Å². The molecule has 0 saturated carbocycles. The molecule has 2 heterocycles. The molecular formula is C20H23N5O7. The zero-order chi connectivity index (χ0) is 23.4. The molecule has 32 heavy (non-hydrogen) atoms. The molecule has 3 atom stereocenters. The molecule has 2 aliphatic heterocycles. The second-order valence-electron chi connectivity index (χ2n) is 7.16. The Labute approximate surface area is 183 Å². The summed E-state index contributed by atoms with van der Waals surface area (Å²) < 4.78 is 4.91. The van der Waals surface area contributed by atoms with E-state index in [1.54, 1.807) is 37.3 Å². The fraction of sp³-hybridized carbons (Fsp3) is 0.400. The number of carbonyl (C=O) groups excluding carboxylic acids is 6. The van der Waals surface area contributed by atoms with E-state index in [4.69, 9.17) is 4.74 Å². The van der Waals surface area contributed by atoms with Crippen LogP contribution < -0.4 is 16.0 Å². The summed E-state index contributed by atoms with van der Waals surface area (Å²) in [5.74, 6) is -3.75. The molecule has 12 heteroatoms. The molecule has 6 amide bonds. The van der Waals surface area contributed by atoms with E-state index in [0.29, 0.717) is 12.1 Å². The van der Waals surface area contributed by atoms with Crippen LogP contribution in [0.15, 0.2) is 30.3 Å². The van der Waals surface area contributed by atoms with Crippen LogP contribution in [0.2, 0.25) is 0 Å². The monoisotopic (exact) mass is 445 g/mol. The van der Waals surface area contributed by atoms with Crippen LogP contribution >= 0.6 is 0 Å². The van der Waals surface area contributed by atoms with E-state index >= 15 is 0 Å². The number of nitrogens with one attached hydrogen (secondary N) is 3. The first kappa shape index (κ1) is 22.7. The summed E-state index contributed by atoms with van der Waals surface area (Å²) in [5, 5.41) is 7.24. The third-order valence-corrected chi connectivity index (χ3v) is 5.06. The van der Waals surface area contributed by atoms with E-state index in [1.165, 1.54) is 4.90 Å². The molecule has 0 aliphatic carbocycles. The number of carbonyl (C=O) groups is 6. The van der Waals surface area contributed by atoms with Crippen LogP contribution in [0.5, 0.6) is 0 Å². The minimum atomic E-state index is -1.28. The minimum Gasteiger partial charge on any atom is -0.439 e. The second-order valence-corrected chi connectivity index (χ2v) is 7.16. The van der Waals surface area contributed by atoms with Crippen molar-refractivity contribution in [2.45, 2.75) is 32.2 Å². The van der Waals surface area contributed by atoms with Gasteiger partial charge >= 0.3 is 23.8 Å². The lowest BCUT2D eigenvalue weighted by molar-refractivity contribution is -0.164. The number of rotatable bonds is 6. The Kier molecular flexibility index (Phi) is 6.71. The smallest absolute Gasteiger partial charge is 0.325 e. The van der Waals surface area contributed by atoms with Gasteiger partial charge in [0.05, 0.1) is 0 Å². The number of hydrogen-bond acceptors (Lipinski definition) is 7. The summed E-state index contributed by atoms with van der Waals surface area (Å²) in [6.45, 7) is 3.38. The molecule has 1 aromatic rings. The molecule has 12 nitrogen and oxygen atoms in total. The molecule has 3 rings (SSSR count). The summed E-state index contributed by atoms with van der Waals surface area (Å²) in [4.78, 5) is 75.2. The molecule has 0 spiro atoms. The lowest BCUT2D eigenvalue weighted by atomic mass is 10.0. The van der Waals surface area contributed by atoms with Crippen LogP contribution in [-0.4, -0.2) is 77.3 Å². The van der Waals surface area contributed by atoms with Gasteiger partial charge in [-0.3, -0.25) is 28.9 Å². The number of imide groups is 1. The predicted molar refractivity (Wildman–Crippen MR) is 107 cm³/mol. The van der Waals surface area contributed by atoms with E-state index in [0.717, 1.165) is 11.8 Å². The molecule has 2 saturated heterocycles. The first-order valence-electron chi connectivity index (χ1n) is 9.97. The van der Waals surface area contributed by atoms with E-state index < -0.39 is 53.9 Å². The molecule has 1 aromatic carbocycles. The topological polar surface area (TPSA) is 154 Å². The number of piperazine rings is 1. The number of nitrogens with zero attached hydrogens (tertiary/aromatic N) is 2. The Hall–Kier alpha value is -3.96. The summed E-state index contributed by atoms with van der Waals surface area (Å²) in [6, 6.07) is 4.84. The Morgan fingerprint density at radius 1 is 1.12 bits per heavy atom. The van der Waals surface area contributed by atoms with Crippen molar-refractivity contribution in [2.75, 3.05) is 19.6 Å². The highest BCUT2D eigenvalue weighted by molar-refractivity contribution is 6.38. The quantitative estimate of drug-likeness (QED) is 0.277. The van der Waals surface area contributed by atoms with Crippen LogP contribution in [0.3, 0.4) is 0 Å². The maximum Gasteiger partial charge on any atom is 0.325 e. The maximum absolute atomic E-state index is 13.0. The summed E-state index contributed by atoms with van der Waals surface area (Å²) in [7, 11) is 0. The number of β-lactam (4-membered cyclic amide) rings is 1. The zero-order valence-corrected chi connectivity index (χ0v) is 17.5. The number of likely N-dealkylation sites (N-methyl/N-ethyl adjacent to an activating group) is 1. The van der Waals surface area contributed by atoms with Crippen molar-refractivity contribution in [1.82, 2.24) is 25.8 Å². The Bertz CT molecular complexity index is 951. The zero-order valence-electron chi connectivity index (χ0n) is 17.5. The van der Waals surface area contributed by atoms with Crippen molar-refractivity contribution < 1.29 is 33.5 Å². The van der Waals surface area contributed by atoms with Gasteiger partial charge in [0.15, 0.2) is 6.04 Å². The Morgan fingerprint density at radius 2 is 1.81 bits per heavy atom. The average Bonchev–Trinajstić information content (AvgIpc) is 2.77. The van der Waals surface area contributed by atoms with Crippen LogP contribution in [0.4, 0.5) is 4.79 Å². The summed E-state index contributed by atoms with van der Waals surface area (Å²) in [5.41, 5.74) is 0.382. The number of esters is 1. The highest BCUT2D eigenvalue weighted by Gasteiger charge is 2.44. The fourth-order valence-electron chi connectivity index (χ4n) is 3.33. The molecule has 0 unspecified atom stereocenters. The molecule has 0 aromatic heterocycles. The van der Waals surface area contributed by atoms with Crippen LogP contribution in [0.25, 0.3) is 0 Å². The molecular weight excluding hydrogens is 422 g/mol. The van der Waals surface area contributed by atoms with Crippen LogP contribution in [0.1, 0.15) is 25.5 Å². The number of ether oxygens (including phenoxy) is 1. The first-order chi connectivity index (χ1) is 15.2. The lowest BCUT2D eigenvalue weighted by Crippen LogP contribution is -2.71. The number of amides is 6. The molecule has 3 N–H and O–H groups in total. The summed E-state index contributed by atoms with van der Waals surface area (Å²) >= 11 is 0. The fourth-order valence-corrected chi connectivity index (χ4v) is 3.33. The number of urea groups is 1. The standard InChI is InChI=1S/C20H23N5O7/c1-3-24-9-10-25(19(30)18(24)29)20(31)22-13(12-7-5-4-6-8-12)15(27)21-14-16(28)23-17(14)32-11(2)26/h4-8,13-14,17H,3,9-10H2,1-2H3,(H,21,27)(H,22,31)(H,23,28)/t13-,14-,17+/m1/s1. The van der Waals surface area contributed by atoms with Gasteiger partial charge in [0.1, 0.15) is 6.04 Å². The predicted octanol–water partition coefficient (Wildman–Crippen LogP) is -1.37. The SMILES string of the molecule is CCN1CCN(C(=O)N[C@@H](C(=O)N[C@@H]2C(=O)N[C@H]2OC(C)=O)c2ccccc2)C(=O)C1=O. The van der Waals surface area contributed by atoms with Gasteiger partial charge < -0.3 is 25.6 Å². The second kappa shape index (κ2) is 9.45. The minimum absolute atomic E-state index is 0.0209. The van der Waals surface area contributed by atoms with E-state index in [2.05, 4.69) is 16.0 Å². The van der Waals surface area contributed by atoms with E-state index in [1.807, 2.05) is 0 Å². The van der Waals surface area contributed by atoms with Crippen molar-refractivity contribution in [3.63, 3.8) is 0 Å². The third-order valence-electron chi connectivity index (χ3n) is 5.06. The number of hydrogen-bond donors (Lipinski definition) is 3. The van der Waals surface area contributed by atoms with Gasteiger partial charge in [-0.05, 0) is 12.5 Å². The van der Waals surface area contributed by atoms with Crippen LogP contribution in [-0.2, 0) is 28.7 Å². The Morgan fingerprint density at radius 3 is 2.41 bits per heavy atom. The molecule has 0 radical (unpaired) electrons. The van der Waals surface area contributed by atoms with Gasteiger partial charge in [0.25, 0.3) is 5.91 Å². The lowest BCUT2D eigenvalue weighted by Gasteiger charge is -2.37. The maximum atomic E-state index is 13.0. The largest absolute Gasteiger partial charge is 0.439 e. The molecule has 2 aliphatic rings.